The lowest BCUT2D eigenvalue weighted by Gasteiger charge is -2.26. The quantitative estimate of drug-likeness (QED) is 0.855. The van der Waals surface area contributed by atoms with Crippen LogP contribution in [0.15, 0.2) is 18.2 Å². The highest BCUT2D eigenvalue weighted by Gasteiger charge is 2.27. The second kappa shape index (κ2) is 6.92. The minimum atomic E-state index is 0.397. The zero-order valence-corrected chi connectivity index (χ0v) is 12.2. The summed E-state index contributed by atoms with van der Waals surface area (Å²) in [4.78, 5) is 0. The third-order valence-corrected chi connectivity index (χ3v) is 3.86. The van der Waals surface area contributed by atoms with Crippen molar-refractivity contribution in [3.63, 3.8) is 0 Å². The Kier molecular flexibility index (Phi) is 5.23. The van der Waals surface area contributed by atoms with E-state index in [9.17, 15) is 0 Å². The summed E-state index contributed by atoms with van der Waals surface area (Å²) >= 11 is 0. The molecule has 1 aliphatic heterocycles. The van der Waals surface area contributed by atoms with E-state index in [1.165, 1.54) is 11.1 Å². The molecule has 1 fully saturated rings. The summed E-state index contributed by atoms with van der Waals surface area (Å²) in [5, 5.41) is 3.69. The molecule has 1 aromatic carbocycles. The van der Waals surface area contributed by atoms with Crippen LogP contribution in [0.1, 0.15) is 36.9 Å². The lowest BCUT2D eigenvalue weighted by Crippen LogP contribution is -2.30. The molecule has 1 N–H and O–H groups in total. The molecule has 0 bridgehead atoms. The van der Waals surface area contributed by atoms with Gasteiger partial charge in [-0.1, -0.05) is 13.0 Å². The minimum Gasteiger partial charge on any atom is -0.497 e. The second-order valence-electron chi connectivity index (χ2n) is 5.28. The number of rotatable bonds is 6. The van der Waals surface area contributed by atoms with Gasteiger partial charge in [-0.15, -0.1) is 0 Å². The van der Waals surface area contributed by atoms with Crippen molar-refractivity contribution in [3.8, 4) is 5.75 Å². The number of aryl methyl sites for hydroxylation is 1. The zero-order chi connectivity index (χ0) is 13.7. The van der Waals surface area contributed by atoms with E-state index < -0.39 is 0 Å². The van der Waals surface area contributed by atoms with Gasteiger partial charge < -0.3 is 14.8 Å². The minimum absolute atomic E-state index is 0.397. The van der Waals surface area contributed by atoms with E-state index in [1.807, 2.05) is 0 Å². The third-order valence-electron chi connectivity index (χ3n) is 3.86. The van der Waals surface area contributed by atoms with Gasteiger partial charge in [-0.05, 0) is 49.6 Å². The van der Waals surface area contributed by atoms with Crippen LogP contribution in [-0.4, -0.2) is 26.9 Å². The summed E-state index contributed by atoms with van der Waals surface area (Å²) in [6.07, 6.45) is 2.30. The Morgan fingerprint density at radius 2 is 2.32 bits per heavy atom. The van der Waals surface area contributed by atoms with Crippen LogP contribution in [0.4, 0.5) is 0 Å². The normalized spacial score (nSPS) is 20.5. The van der Waals surface area contributed by atoms with Crippen LogP contribution in [0.3, 0.4) is 0 Å². The van der Waals surface area contributed by atoms with Gasteiger partial charge in [0.05, 0.1) is 13.7 Å². The Balaban J connectivity index is 2.20. The molecular weight excluding hydrogens is 238 g/mol. The molecule has 0 radical (unpaired) electrons. The summed E-state index contributed by atoms with van der Waals surface area (Å²) < 4.78 is 10.9. The fourth-order valence-electron chi connectivity index (χ4n) is 2.77. The van der Waals surface area contributed by atoms with Gasteiger partial charge in [0.15, 0.2) is 0 Å². The monoisotopic (exact) mass is 263 g/mol. The summed E-state index contributed by atoms with van der Waals surface area (Å²) in [5.74, 6) is 1.51. The van der Waals surface area contributed by atoms with Crippen molar-refractivity contribution >= 4 is 0 Å². The molecular formula is C16H25NO2. The summed E-state index contributed by atoms with van der Waals surface area (Å²) in [6, 6.07) is 6.76. The van der Waals surface area contributed by atoms with Gasteiger partial charge in [-0.3, -0.25) is 0 Å². The van der Waals surface area contributed by atoms with E-state index in [4.69, 9.17) is 9.47 Å². The Labute approximate surface area is 116 Å². The summed E-state index contributed by atoms with van der Waals surface area (Å²) in [5.41, 5.74) is 2.67. The molecule has 1 heterocycles. The smallest absolute Gasteiger partial charge is 0.119 e. The average molecular weight is 263 g/mol. The summed E-state index contributed by atoms with van der Waals surface area (Å²) in [6.45, 7) is 7.17. The first kappa shape index (κ1) is 14.4. The van der Waals surface area contributed by atoms with Crippen LogP contribution in [0.5, 0.6) is 5.75 Å². The summed E-state index contributed by atoms with van der Waals surface area (Å²) in [7, 11) is 1.71. The zero-order valence-electron chi connectivity index (χ0n) is 12.2. The largest absolute Gasteiger partial charge is 0.497 e. The molecule has 2 atom stereocenters. The fourth-order valence-corrected chi connectivity index (χ4v) is 2.77. The molecule has 0 aromatic heterocycles. The van der Waals surface area contributed by atoms with Crippen LogP contribution in [0.25, 0.3) is 0 Å². The molecule has 3 heteroatoms. The van der Waals surface area contributed by atoms with Crippen molar-refractivity contribution < 1.29 is 9.47 Å². The van der Waals surface area contributed by atoms with Crippen LogP contribution in [0.2, 0.25) is 0 Å². The molecule has 106 valence electrons. The van der Waals surface area contributed by atoms with Gasteiger partial charge in [0, 0.05) is 18.6 Å². The van der Waals surface area contributed by atoms with E-state index >= 15 is 0 Å². The van der Waals surface area contributed by atoms with Gasteiger partial charge in [0.25, 0.3) is 0 Å². The van der Waals surface area contributed by atoms with Crippen molar-refractivity contribution in [1.82, 2.24) is 5.32 Å². The predicted octanol–water partition coefficient (Wildman–Crippen LogP) is 3.08. The number of hydrogen-bond donors (Lipinski definition) is 1. The van der Waals surface area contributed by atoms with Crippen molar-refractivity contribution in [2.75, 3.05) is 26.9 Å². The van der Waals surface area contributed by atoms with Crippen LogP contribution in [-0.2, 0) is 4.74 Å². The number of ether oxygens (including phenoxy) is 2. The first-order valence-corrected chi connectivity index (χ1v) is 7.22. The lowest BCUT2D eigenvalue weighted by molar-refractivity contribution is 0.176. The molecule has 19 heavy (non-hydrogen) atoms. The molecule has 1 aliphatic rings. The topological polar surface area (TPSA) is 30.5 Å². The Bertz CT molecular complexity index is 400. The first-order chi connectivity index (χ1) is 9.26. The highest BCUT2D eigenvalue weighted by molar-refractivity contribution is 5.37. The van der Waals surface area contributed by atoms with E-state index in [2.05, 4.69) is 37.4 Å². The third kappa shape index (κ3) is 3.48. The molecule has 2 rings (SSSR count). The fraction of sp³-hybridized carbons (Fsp3) is 0.625. The maximum Gasteiger partial charge on any atom is 0.119 e. The van der Waals surface area contributed by atoms with Crippen molar-refractivity contribution in [2.24, 2.45) is 5.92 Å². The van der Waals surface area contributed by atoms with Gasteiger partial charge in [0.2, 0.25) is 0 Å². The molecule has 1 aromatic rings. The standard InChI is InChI=1S/C16H25NO2/c1-4-8-17-16(13-7-9-19-11-13)15-6-5-14(18-3)10-12(15)2/h5-6,10,13,16-17H,4,7-9,11H2,1-3H3. The lowest BCUT2D eigenvalue weighted by atomic mass is 9.89. The molecule has 3 nitrogen and oxygen atoms in total. The Morgan fingerprint density at radius 1 is 1.47 bits per heavy atom. The van der Waals surface area contributed by atoms with Crippen molar-refractivity contribution in [3.05, 3.63) is 29.3 Å². The SMILES string of the molecule is CCCNC(c1ccc(OC)cc1C)C1CCOC1. The van der Waals surface area contributed by atoms with Gasteiger partial charge in [-0.25, -0.2) is 0 Å². The molecule has 0 saturated carbocycles. The molecule has 2 unspecified atom stereocenters. The molecule has 0 amide bonds. The average Bonchev–Trinajstić information content (AvgIpc) is 2.94. The Morgan fingerprint density at radius 3 is 2.89 bits per heavy atom. The number of benzene rings is 1. The van der Waals surface area contributed by atoms with Crippen LogP contribution < -0.4 is 10.1 Å². The highest BCUT2D eigenvalue weighted by Crippen LogP contribution is 2.32. The molecule has 1 saturated heterocycles. The first-order valence-electron chi connectivity index (χ1n) is 7.22. The highest BCUT2D eigenvalue weighted by atomic mass is 16.5. The van der Waals surface area contributed by atoms with Crippen molar-refractivity contribution in [2.45, 2.75) is 32.7 Å². The number of nitrogens with one attached hydrogen (secondary N) is 1. The van der Waals surface area contributed by atoms with E-state index in [0.717, 1.165) is 38.3 Å². The van der Waals surface area contributed by atoms with E-state index in [0.29, 0.717) is 12.0 Å². The maximum atomic E-state index is 5.56. The number of methoxy groups -OCH3 is 1. The van der Waals surface area contributed by atoms with Crippen molar-refractivity contribution in [1.29, 1.82) is 0 Å². The van der Waals surface area contributed by atoms with Gasteiger partial charge in [0.1, 0.15) is 5.75 Å². The second-order valence-corrected chi connectivity index (χ2v) is 5.28. The maximum absolute atomic E-state index is 5.56. The van der Waals surface area contributed by atoms with E-state index in [-0.39, 0.29) is 0 Å². The Hall–Kier alpha value is -1.06. The van der Waals surface area contributed by atoms with Gasteiger partial charge in [-0.2, -0.15) is 0 Å². The molecule has 0 spiro atoms. The number of hydrogen-bond acceptors (Lipinski definition) is 3. The van der Waals surface area contributed by atoms with E-state index in [1.54, 1.807) is 7.11 Å². The van der Waals surface area contributed by atoms with Gasteiger partial charge >= 0.3 is 0 Å². The molecule has 0 aliphatic carbocycles. The van der Waals surface area contributed by atoms with Crippen LogP contribution >= 0.6 is 0 Å². The predicted molar refractivity (Wildman–Crippen MR) is 77.7 cm³/mol. The van der Waals surface area contributed by atoms with Crippen LogP contribution in [0, 0.1) is 12.8 Å².